The molecule has 73 heavy (non-hydrogen) atoms. The lowest BCUT2D eigenvalue weighted by atomic mass is 9.82. The van der Waals surface area contributed by atoms with Crippen LogP contribution in [0.1, 0.15) is 80.5 Å². The van der Waals surface area contributed by atoms with Crippen molar-refractivity contribution in [3.8, 4) is 16.8 Å². The van der Waals surface area contributed by atoms with Crippen molar-refractivity contribution in [2.24, 2.45) is 0 Å². The molecule has 0 spiro atoms. The molecule has 0 amide bonds. The maximum Gasteiger partial charge on any atom is 0.0561 e. The van der Waals surface area contributed by atoms with E-state index in [9.17, 15) is 0 Å². The van der Waals surface area contributed by atoms with E-state index in [0.717, 1.165) is 35.6 Å². The Morgan fingerprint density at radius 2 is 1.07 bits per heavy atom. The number of allylic oxidation sites excluding steroid dienone is 4. The molecule has 0 saturated heterocycles. The number of para-hydroxylation sites is 4. The molecule has 2 unspecified atom stereocenters. The third-order valence-corrected chi connectivity index (χ3v) is 16.7. The van der Waals surface area contributed by atoms with Gasteiger partial charge in [-0.15, -0.1) is 0 Å². The molecule has 4 heteroatoms. The molecule has 2 heterocycles. The van der Waals surface area contributed by atoms with E-state index in [1.165, 1.54) is 115 Å². The minimum atomic E-state index is -0.0611. The second-order valence-electron chi connectivity index (χ2n) is 21.1. The van der Waals surface area contributed by atoms with Crippen LogP contribution in [0.15, 0.2) is 236 Å². The van der Waals surface area contributed by atoms with Crippen LogP contribution in [0.2, 0.25) is 0 Å². The molecule has 4 nitrogen and oxygen atoms in total. The Labute approximate surface area is 429 Å². The van der Waals surface area contributed by atoms with Gasteiger partial charge >= 0.3 is 0 Å². The van der Waals surface area contributed by atoms with Crippen molar-refractivity contribution in [1.82, 2.24) is 4.57 Å². The monoisotopic (exact) mass is 942 g/mol. The van der Waals surface area contributed by atoms with Gasteiger partial charge in [-0.2, -0.15) is 0 Å². The molecule has 0 radical (unpaired) electrons. The molecule has 1 aromatic heterocycles. The highest BCUT2D eigenvalue weighted by Gasteiger charge is 2.41. The number of nitrogens with zero attached hydrogens (tertiary/aromatic N) is 4. The zero-order valence-corrected chi connectivity index (χ0v) is 41.6. The van der Waals surface area contributed by atoms with Gasteiger partial charge in [-0.25, -0.2) is 0 Å². The van der Waals surface area contributed by atoms with Crippen LogP contribution in [-0.4, -0.2) is 10.6 Å². The first kappa shape index (κ1) is 43.4. The lowest BCUT2D eigenvalue weighted by Gasteiger charge is -2.34. The number of hydrogen-bond acceptors (Lipinski definition) is 3. The van der Waals surface area contributed by atoms with E-state index < -0.39 is 0 Å². The average Bonchev–Trinajstić information content (AvgIpc) is 4.04. The summed E-state index contributed by atoms with van der Waals surface area (Å²) in [6.45, 7) is 4.74. The van der Waals surface area contributed by atoms with Gasteiger partial charge in [0, 0.05) is 79.3 Å². The van der Waals surface area contributed by atoms with Gasteiger partial charge in [0.25, 0.3) is 0 Å². The Hall–Kier alpha value is -8.34. The van der Waals surface area contributed by atoms with E-state index in [0.29, 0.717) is 12.0 Å². The maximum absolute atomic E-state index is 2.67. The summed E-state index contributed by atoms with van der Waals surface area (Å²) >= 11 is 0. The molecule has 4 aliphatic rings. The third kappa shape index (κ3) is 7.18. The van der Waals surface area contributed by atoms with Crippen LogP contribution in [0.5, 0.6) is 0 Å². The molecule has 10 aromatic rings. The first-order chi connectivity index (χ1) is 36.0. The zero-order valence-electron chi connectivity index (χ0n) is 41.6. The van der Waals surface area contributed by atoms with E-state index >= 15 is 0 Å². The van der Waals surface area contributed by atoms with Gasteiger partial charge in [0.15, 0.2) is 0 Å². The topological polar surface area (TPSA) is 14.7 Å². The molecule has 1 aliphatic heterocycles. The number of fused-ring (bicyclic) bond motifs is 9. The van der Waals surface area contributed by atoms with Crippen LogP contribution in [0.4, 0.5) is 39.8 Å². The largest absolute Gasteiger partial charge is 0.337 e. The van der Waals surface area contributed by atoms with E-state index in [2.05, 4.69) is 264 Å². The van der Waals surface area contributed by atoms with Crippen molar-refractivity contribution in [2.75, 3.05) is 14.7 Å². The van der Waals surface area contributed by atoms with Crippen LogP contribution in [0, 0.1) is 0 Å². The Bertz CT molecular complexity index is 3790. The minimum absolute atomic E-state index is 0.0611. The quantitative estimate of drug-likeness (QED) is 0.143. The first-order valence-corrected chi connectivity index (χ1v) is 26.4. The second kappa shape index (κ2) is 17.5. The van der Waals surface area contributed by atoms with Crippen molar-refractivity contribution in [3.05, 3.63) is 258 Å². The highest BCUT2D eigenvalue weighted by molar-refractivity contribution is 6.10. The van der Waals surface area contributed by atoms with Crippen molar-refractivity contribution >= 4 is 67.2 Å². The van der Waals surface area contributed by atoms with E-state index in [4.69, 9.17) is 0 Å². The van der Waals surface area contributed by atoms with Gasteiger partial charge in [-0.3, -0.25) is 0 Å². The van der Waals surface area contributed by atoms with Gasteiger partial charge in [0.2, 0.25) is 0 Å². The number of hydrogen-bond donors (Lipinski definition) is 0. The minimum Gasteiger partial charge on any atom is -0.337 e. The van der Waals surface area contributed by atoms with E-state index in [1.807, 2.05) is 0 Å². The third-order valence-electron chi connectivity index (χ3n) is 16.7. The molecule has 9 aromatic carbocycles. The van der Waals surface area contributed by atoms with Crippen LogP contribution in [-0.2, 0) is 5.41 Å². The van der Waals surface area contributed by atoms with Crippen molar-refractivity contribution in [1.29, 1.82) is 0 Å². The second-order valence-corrected chi connectivity index (χ2v) is 21.1. The Morgan fingerprint density at radius 1 is 0.452 bits per heavy atom. The summed E-state index contributed by atoms with van der Waals surface area (Å²) in [6, 6.07) is 81.9. The van der Waals surface area contributed by atoms with Gasteiger partial charge in [0.05, 0.1) is 11.0 Å². The lowest BCUT2D eigenvalue weighted by molar-refractivity contribution is 0.402. The molecule has 354 valence electrons. The standard InChI is InChI=1S/C69H58N4/c1-69(2)63-27-15-12-24-57(63)62-44-54(40-43-64(62)69)71(56-39-42-61-59-26-14-17-29-66(59)73(68(61)46-56)51-22-10-5-11-23-51)53-36-32-48(33-37-53)47-30-34-52(35-31-47)70(49-18-6-3-7-19-49)55-38-41-60-58-25-13-16-28-65(58)72(67(60)45-55)50-20-8-4-9-21-50/h3-13,15-16,18-25,27-28,30,32-34,36-46,59,66H,14,17,26,29,31,35H2,1-2H3. The molecular weight excluding hydrogens is 885 g/mol. The summed E-state index contributed by atoms with van der Waals surface area (Å²) in [4.78, 5) is 7.63. The van der Waals surface area contributed by atoms with E-state index in [-0.39, 0.29) is 5.41 Å². The van der Waals surface area contributed by atoms with Crippen LogP contribution < -0.4 is 14.7 Å². The van der Waals surface area contributed by atoms with Gasteiger partial charge < -0.3 is 19.3 Å². The predicted molar refractivity (Wildman–Crippen MR) is 307 cm³/mol. The highest BCUT2D eigenvalue weighted by atomic mass is 15.2. The molecule has 1 saturated carbocycles. The van der Waals surface area contributed by atoms with Crippen LogP contribution in [0.3, 0.4) is 0 Å². The Kier molecular flexibility index (Phi) is 10.4. The summed E-state index contributed by atoms with van der Waals surface area (Å²) < 4.78 is 2.41. The zero-order chi connectivity index (χ0) is 48.6. The summed E-state index contributed by atoms with van der Waals surface area (Å²) in [5.74, 6) is 0.554. The fourth-order valence-corrected chi connectivity index (χ4v) is 13.3. The number of benzene rings is 9. The van der Waals surface area contributed by atoms with Crippen LogP contribution >= 0.6 is 0 Å². The molecule has 1 fully saturated rings. The maximum atomic E-state index is 2.67. The van der Waals surface area contributed by atoms with Gasteiger partial charge in [-0.1, -0.05) is 160 Å². The fourth-order valence-electron chi connectivity index (χ4n) is 13.3. The lowest BCUT2D eigenvalue weighted by Crippen LogP contribution is -2.32. The number of anilines is 7. The molecule has 0 N–H and O–H groups in total. The SMILES string of the molecule is CC1(C)c2ccccc2-c2cc(N(c3ccc(C4=CC=C(N(c5ccccc5)c5ccc6c7ccccc7n(-c7ccccc7)c6c5)CC4)cc3)c3ccc4c(c3)N(c3ccccc3)C3CCCCC43)ccc21. The Morgan fingerprint density at radius 3 is 1.86 bits per heavy atom. The number of aromatic nitrogens is 1. The smallest absolute Gasteiger partial charge is 0.0561 e. The highest BCUT2D eigenvalue weighted by Crippen LogP contribution is 2.54. The summed E-state index contributed by atoms with van der Waals surface area (Å²) in [5, 5.41) is 2.52. The summed E-state index contributed by atoms with van der Waals surface area (Å²) in [6.07, 6.45) is 11.6. The van der Waals surface area contributed by atoms with Gasteiger partial charge in [-0.05, 0) is 162 Å². The van der Waals surface area contributed by atoms with Crippen molar-refractivity contribution in [3.63, 3.8) is 0 Å². The molecule has 14 rings (SSSR count). The van der Waals surface area contributed by atoms with Gasteiger partial charge in [0.1, 0.15) is 0 Å². The molecule has 0 bridgehead atoms. The Balaban J connectivity index is 0.845. The van der Waals surface area contributed by atoms with Crippen molar-refractivity contribution in [2.45, 2.75) is 69.7 Å². The normalized spacial score (nSPS) is 17.4. The predicted octanol–water partition coefficient (Wildman–Crippen LogP) is 18.6. The summed E-state index contributed by atoms with van der Waals surface area (Å²) in [7, 11) is 0. The van der Waals surface area contributed by atoms with E-state index in [1.54, 1.807) is 0 Å². The van der Waals surface area contributed by atoms with Crippen LogP contribution in [0.25, 0.3) is 44.2 Å². The van der Waals surface area contributed by atoms with Crippen molar-refractivity contribution < 1.29 is 0 Å². The number of rotatable bonds is 9. The summed E-state index contributed by atoms with van der Waals surface area (Å²) in [5.41, 5.74) is 22.8. The molecular formula is C69H58N4. The average molecular weight is 943 g/mol. The molecule has 2 atom stereocenters. The molecule has 3 aliphatic carbocycles. The first-order valence-electron chi connectivity index (χ1n) is 26.4. The fraction of sp³-hybridized carbons (Fsp3) is 0.159.